The third-order valence-electron chi connectivity index (χ3n) is 6.38. The molecule has 1 spiro atoms. The maximum Gasteiger partial charge on any atom is 0.293 e. The van der Waals surface area contributed by atoms with Crippen molar-refractivity contribution in [3.63, 3.8) is 0 Å². The minimum atomic E-state index is -0.609. The fourth-order valence-corrected chi connectivity index (χ4v) is 4.70. The molecule has 2 aromatic rings. The van der Waals surface area contributed by atoms with Crippen LogP contribution in [0.3, 0.4) is 0 Å². The number of nitrogens with zero attached hydrogens (tertiary/aromatic N) is 3. The monoisotopic (exact) mass is 437 g/mol. The first-order valence-electron chi connectivity index (χ1n) is 10.7. The van der Waals surface area contributed by atoms with E-state index in [0.29, 0.717) is 49.4 Å². The second-order valence-corrected chi connectivity index (χ2v) is 8.99. The second kappa shape index (κ2) is 7.93. The molecule has 2 aliphatic heterocycles. The molecule has 1 amide bonds. The summed E-state index contributed by atoms with van der Waals surface area (Å²) in [7, 11) is 3.45. The standard InChI is InChI=1S/C24H27N3O5/c1-15-11-16(2)22-18(12-15)21(28)14-24(32-22)7-9-26(10-8-24)23(29)17-5-6-19(25(3)4)20(13-17)27(30)31/h5-6,11-13H,7-10,14H2,1-4H3. The number of hydrogen-bond donors (Lipinski definition) is 0. The second-order valence-electron chi connectivity index (χ2n) is 8.99. The number of ether oxygens (including phenoxy) is 1. The van der Waals surface area contributed by atoms with Crippen molar-refractivity contribution in [1.82, 2.24) is 4.90 Å². The van der Waals surface area contributed by atoms with Crippen LogP contribution < -0.4 is 9.64 Å². The van der Waals surface area contributed by atoms with Crippen molar-refractivity contribution in [2.24, 2.45) is 0 Å². The molecule has 1 fully saturated rings. The van der Waals surface area contributed by atoms with Gasteiger partial charge in [-0.25, -0.2) is 0 Å². The van der Waals surface area contributed by atoms with Crippen molar-refractivity contribution < 1.29 is 19.2 Å². The third-order valence-corrected chi connectivity index (χ3v) is 6.38. The summed E-state index contributed by atoms with van der Waals surface area (Å²) in [5, 5.41) is 11.5. The van der Waals surface area contributed by atoms with Crippen molar-refractivity contribution >= 4 is 23.1 Å². The van der Waals surface area contributed by atoms with Crippen LogP contribution in [-0.4, -0.2) is 54.3 Å². The molecule has 0 saturated carbocycles. The minimum absolute atomic E-state index is 0.0766. The highest BCUT2D eigenvalue weighted by atomic mass is 16.6. The molecule has 4 rings (SSSR count). The molecule has 0 unspecified atom stereocenters. The summed E-state index contributed by atoms with van der Waals surface area (Å²) in [5.74, 6) is 0.483. The Morgan fingerprint density at radius 2 is 1.84 bits per heavy atom. The number of amides is 1. The maximum absolute atomic E-state index is 13.1. The van der Waals surface area contributed by atoms with E-state index in [4.69, 9.17) is 4.74 Å². The molecule has 8 heteroatoms. The lowest BCUT2D eigenvalue weighted by molar-refractivity contribution is -0.384. The summed E-state index contributed by atoms with van der Waals surface area (Å²) >= 11 is 0. The zero-order valence-electron chi connectivity index (χ0n) is 18.8. The van der Waals surface area contributed by atoms with Crippen molar-refractivity contribution in [1.29, 1.82) is 0 Å². The average molecular weight is 437 g/mol. The molecule has 0 radical (unpaired) electrons. The lowest BCUT2D eigenvalue weighted by Gasteiger charge is -2.44. The van der Waals surface area contributed by atoms with Crippen LogP contribution in [0.25, 0.3) is 0 Å². The molecule has 0 atom stereocenters. The van der Waals surface area contributed by atoms with Crippen LogP contribution in [0.5, 0.6) is 5.75 Å². The predicted octanol–water partition coefficient (Wildman–Crippen LogP) is 3.92. The van der Waals surface area contributed by atoms with Crippen molar-refractivity contribution in [2.75, 3.05) is 32.1 Å². The van der Waals surface area contributed by atoms with Crippen LogP contribution in [0.1, 0.15) is 51.1 Å². The summed E-state index contributed by atoms with van der Waals surface area (Å²) in [6.45, 7) is 4.76. The van der Waals surface area contributed by atoms with Gasteiger partial charge in [-0.2, -0.15) is 0 Å². The van der Waals surface area contributed by atoms with Gasteiger partial charge < -0.3 is 14.5 Å². The summed E-state index contributed by atoms with van der Waals surface area (Å²) < 4.78 is 6.39. The van der Waals surface area contributed by atoms with E-state index in [2.05, 4.69) is 0 Å². The lowest BCUT2D eigenvalue weighted by Crippen LogP contribution is -2.52. The van der Waals surface area contributed by atoms with E-state index in [1.165, 1.54) is 6.07 Å². The number of nitro groups is 1. The number of hydrogen-bond acceptors (Lipinski definition) is 6. The molecular weight excluding hydrogens is 410 g/mol. The lowest BCUT2D eigenvalue weighted by atomic mass is 9.81. The van der Waals surface area contributed by atoms with Crippen LogP contribution in [-0.2, 0) is 0 Å². The molecule has 8 nitrogen and oxygen atoms in total. The van der Waals surface area contributed by atoms with Gasteiger partial charge in [-0.1, -0.05) is 6.07 Å². The smallest absolute Gasteiger partial charge is 0.293 e. The Labute approximate surface area is 186 Å². The number of aryl methyl sites for hydroxylation is 2. The molecule has 0 aromatic heterocycles. The molecule has 0 aliphatic carbocycles. The fraction of sp³-hybridized carbons (Fsp3) is 0.417. The zero-order valence-corrected chi connectivity index (χ0v) is 18.8. The molecular formula is C24H27N3O5. The van der Waals surface area contributed by atoms with Gasteiger partial charge in [0.2, 0.25) is 0 Å². The van der Waals surface area contributed by atoms with Gasteiger partial charge in [0.1, 0.15) is 17.0 Å². The quantitative estimate of drug-likeness (QED) is 0.534. The Balaban J connectivity index is 1.52. The maximum atomic E-state index is 13.1. The van der Waals surface area contributed by atoms with E-state index in [1.807, 2.05) is 26.0 Å². The number of piperidine rings is 1. The van der Waals surface area contributed by atoms with Gasteiger partial charge in [0.05, 0.1) is 16.9 Å². The van der Waals surface area contributed by atoms with Crippen LogP contribution in [0, 0.1) is 24.0 Å². The first kappa shape index (κ1) is 21.8. The number of Topliss-reactive ketones (excluding diaryl/α,β-unsaturated/α-hetero) is 1. The first-order valence-corrected chi connectivity index (χ1v) is 10.7. The minimum Gasteiger partial charge on any atom is -0.486 e. The Bertz CT molecular complexity index is 1120. The first-order chi connectivity index (χ1) is 15.1. The highest BCUT2D eigenvalue weighted by Gasteiger charge is 2.44. The van der Waals surface area contributed by atoms with Gasteiger partial charge in [-0.15, -0.1) is 0 Å². The number of nitro benzene ring substituents is 1. The topological polar surface area (TPSA) is 93.0 Å². The molecule has 2 aliphatic rings. The molecule has 0 N–H and O–H groups in total. The number of likely N-dealkylation sites (tertiary alicyclic amines) is 1. The van der Waals surface area contributed by atoms with Crippen molar-refractivity contribution in [2.45, 2.75) is 38.7 Å². The van der Waals surface area contributed by atoms with Crippen molar-refractivity contribution in [3.8, 4) is 5.75 Å². The molecule has 2 heterocycles. The van der Waals surface area contributed by atoms with Crippen LogP contribution in [0.15, 0.2) is 30.3 Å². The van der Waals surface area contributed by atoms with Gasteiger partial charge >= 0.3 is 0 Å². The number of anilines is 1. The largest absolute Gasteiger partial charge is 0.486 e. The molecule has 0 bridgehead atoms. The summed E-state index contributed by atoms with van der Waals surface area (Å²) in [5.41, 5.74) is 2.64. The third kappa shape index (κ3) is 3.81. The highest BCUT2D eigenvalue weighted by molar-refractivity contribution is 6.01. The normalized spacial score (nSPS) is 17.0. The zero-order chi connectivity index (χ0) is 23.2. The van der Waals surface area contributed by atoms with Gasteiger partial charge in [0.25, 0.3) is 11.6 Å². The van der Waals surface area contributed by atoms with Gasteiger partial charge in [-0.05, 0) is 43.2 Å². The number of fused-ring (bicyclic) bond motifs is 1. The summed E-state index contributed by atoms with van der Waals surface area (Å²) in [4.78, 5) is 40.3. The molecule has 2 aromatic carbocycles. The van der Waals surface area contributed by atoms with Crippen molar-refractivity contribution in [3.05, 3.63) is 62.7 Å². The number of carbonyl (C=O) groups excluding carboxylic acids is 2. The Hall–Kier alpha value is -3.42. The van der Waals surface area contributed by atoms with Crippen LogP contribution in [0.4, 0.5) is 11.4 Å². The Kier molecular flexibility index (Phi) is 5.40. The number of rotatable bonds is 3. The molecule has 1 saturated heterocycles. The van der Waals surface area contributed by atoms with E-state index in [-0.39, 0.29) is 22.9 Å². The van der Waals surface area contributed by atoms with E-state index in [0.717, 1.165) is 11.1 Å². The van der Waals surface area contributed by atoms with E-state index < -0.39 is 10.5 Å². The fourth-order valence-electron chi connectivity index (χ4n) is 4.70. The van der Waals surface area contributed by atoms with E-state index in [1.54, 1.807) is 36.0 Å². The predicted molar refractivity (Wildman–Crippen MR) is 121 cm³/mol. The van der Waals surface area contributed by atoms with E-state index >= 15 is 0 Å². The highest BCUT2D eigenvalue weighted by Crippen LogP contribution is 2.41. The van der Waals surface area contributed by atoms with E-state index in [9.17, 15) is 19.7 Å². The Morgan fingerprint density at radius 3 is 2.47 bits per heavy atom. The number of carbonyl (C=O) groups is 2. The van der Waals surface area contributed by atoms with Crippen LogP contribution in [0.2, 0.25) is 0 Å². The number of ketones is 1. The number of benzene rings is 2. The van der Waals surface area contributed by atoms with Gasteiger partial charge in [0.15, 0.2) is 5.78 Å². The summed E-state index contributed by atoms with van der Waals surface area (Å²) in [6.07, 6.45) is 1.37. The SMILES string of the molecule is Cc1cc(C)c2c(c1)C(=O)CC1(CCN(C(=O)c3ccc(N(C)C)c([N+](=O)[O-])c3)CC1)O2. The average Bonchev–Trinajstić information content (AvgIpc) is 2.74. The molecule has 32 heavy (non-hydrogen) atoms. The van der Waals surface area contributed by atoms with Gasteiger partial charge in [0, 0.05) is 51.7 Å². The summed E-state index contributed by atoms with van der Waals surface area (Å²) in [6, 6.07) is 8.44. The Morgan fingerprint density at radius 1 is 1.16 bits per heavy atom. The van der Waals surface area contributed by atoms with Gasteiger partial charge in [-0.3, -0.25) is 19.7 Å². The van der Waals surface area contributed by atoms with Crippen LogP contribution >= 0.6 is 0 Å². The molecule has 168 valence electrons.